The van der Waals surface area contributed by atoms with E-state index >= 15 is 0 Å². The van der Waals surface area contributed by atoms with E-state index in [9.17, 15) is 0 Å². The summed E-state index contributed by atoms with van der Waals surface area (Å²) in [7, 11) is 0. The SMILES string of the molecule is N#Cc1cnc(Nc2ncccc2N)cc1NC1CCC1. The lowest BCUT2D eigenvalue weighted by molar-refractivity contribution is 0.445. The molecule has 0 spiro atoms. The van der Waals surface area contributed by atoms with E-state index in [1.165, 1.54) is 6.42 Å². The van der Waals surface area contributed by atoms with Crippen LogP contribution in [0.5, 0.6) is 0 Å². The first-order valence-corrected chi connectivity index (χ1v) is 6.90. The number of nitrogens with one attached hydrogen (secondary N) is 2. The molecule has 2 heterocycles. The van der Waals surface area contributed by atoms with Gasteiger partial charge in [0.25, 0.3) is 0 Å². The highest BCUT2D eigenvalue weighted by Gasteiger charge is 2.18. The van der Waals surface area contributed by atoms with Gasteiger partial charge < -0.3 is 16.4 Å². The molecule has 0 saturated heterocycles. The molecular formula is C15H16N6. The summed E-state index contributed by atoms with van der Waals surface area (Å²) in [5, 5.41) is 15.6. The lowest BCUT2D eigenvalue weighted by Crippen LogP contribution is -2.27. The number of nitrogens with zero attached hydrogens (tertiary/aromatic N) is 3. The van der Waals surface area contributed by atoms with Crippen molar-refractivity contribution in [2.45, 2.75) is 25.3 Å². The molecule has 1 saturated carbocycles. The zero-order valence-corrected chi connectivity index (χ0v) is 11.5. The van der Waals surface area contributed by atoms with Crippen molar-refractivity contribution in [3.05, 3.63) is 36.2 Å². The number of hydrogen-bond donors (Lipinski definition) is 3. The van der Waals surface area contributed by atoms with Crippen molar-refractivity contribution in [1.82, 2.24) is 9.97 Å². The molecule has 6 heteroatoms. The molecule has 0 aliphatic heterocycles. The smallest absolute Gasteiger partial charge is 0.154 e. The minimum absolute atomic E-state index is 0.451. The van der Waals surface area contributed by atoms with Gasteiger partial charge in [0.15, 0.2) is 5.82 Å². The van der Waals surface area contributed by atoms with Crippen LogP contribution < -0.4 is 16.4 Å². The number of nitrogens with two attached hydrogens (primary N) is 1. The van der Waals surface area contributed by atoms with E-state index in [-0.39, 0.29) is 0 Å². The highest BCUT2D eigenvalue weighted by molar-refractivity contribution is 5.70. The van der Waals surface area contributed by atoms with Crippen LogP contribution in [0.3, 0.4) is 0 Å². The highest BCUT2D eigenvalue weighted by atomic mass is 15.1. The molecule has 1 aliphatic rings. The molecule has 2 aromatic heterocycles. The monoisotopic (exact) mass is 280 g/mol. The van der Waals surface area contributed by atoms with E-state index < -0.39 is 0 Å². The van der Waals surface area contributed by atoms with E-state index in [2.05, 4.69) is 26.7 Å². The Kier molecular flexibility index (Phi) is 3.56. The Morgan fingerprint density at radius 2 is 2.19 bits per heavy atom. The summed E-state index contributed by atoms with van der Waals surface area (Å²) >= 11 is 0. The lowest BCUT2D eigenvalue weighted by Gasteiger charge is -2.28. The van der Waals surface area contributed by atoms with E-state index in [0.717, 1.165) is 18.5 Å². The number of anilines is 4. The molecule has 1 aliphatic carbocycles. The molecule has 0 aromatic carbocycles. The maximum absolute atomic E-state index is 9.16. The summed E-state index contributed by atoms with van der Waals surface area (Å²) in [5.74, 6) is 1.17. The van der Waals surface area contributed by atoms with Crippen molar-refractivity contribution in [2.24, 2.45) is 0 Å². The molecule has 3 rings (SSSR count). The fourth-order valence-corrected chi connectivity index (χ4v) is 2.15. The molecular weight excluding hydrogens is 264 g/mol. The molecule has 1 fully saturated rings. The number of nitriles is 1. The van der Waals surface area contributed by atoms with Gasteiger partial charge in [-0.1, -0.05) is 0 Å². The first kappa shape index (κ1) is 13.2. The van der Waals surface area contributed by atoms with Gasteiger partial charge in [-0.15, -0.1) is 0 Å². The standard InChI is InChI=1S/C15H16N6/c16-8-10-9-19-14(7-13(10)20-11-3-1-4-11)21-15-12(17)5-2-6-18-15/h2,5-7,9,11H,1,3-4,17H2,(H2,18,19,20,21). The van der Waals surface area contributed by atoms with Crippen LogP contribution in [-0.4, -0.2) is 16.0 Å². The van der Waals surface area contributed by atoms with Crippen LogP contribution in [0.15, 0.2) is 30.6 Å². The van der Waals surface area contributed by atoms with Crippen molar-refractivity contribution >= 4 is 23.0 Å². The van der Waals surface area contributed by atoms with Gasteiger partial charge in [0.05, 0.1) is 16.9 Å². The largest absolute Gasteiger partial charge is 0.396 e. The predicted octanol–water partition coefficient (Wildman–Crippen LogP) is 2.64. The quantitative estimate of drug-likeness (QED) is 0.796. The third kappa shape index (κ3) is 2.87. The fourth-order valence-electron chi connectivity index (χ4n) is 2.15. The van der Waals surface area contributed by atoms with Crippen LogP contribution in [0.1, 0.15) is 24.8 Å². The van der Waals surface area contributed by atoms with Crippen molar-refractivity contribution in [3.63, 3.8) is 0 Å². The second-order valence-electron chi connectivity index (χ2n) is 5.07. The van der Waals surface area contributed by atoms with E-state index in [1.54, 1.807) is 24.5 Å². The predicted molar refractivity (Wildman–Crippen MR) is 82.1 cm³/mol. The number of nitrogen functional groups attached to an aromatic ring is 1. The zero-order valence-electron chi connectivity index (χ0n) is 11.5. The second-order valence-corrected chi connectivity index (χ2v) is 5.07. The van der Waals surface area contributed by atoms with Gasteiger partial charge in [-0.3, -0.25) is 0 Å². The Hall–Kier alpha value is -2.81. The lowest BCUT2D eigenvalue weighted by atomic mass is 9.93. The number of hydrogen-bond acceptors (Lipinski definition) is 6. The molecule has 0 radical (unpaired) electrons. The van der Waals surface area contributed by atoms with Crippen molar-refractivity contribution in [2.75, 3.05) is 16.4 Å². The first-order chi connectivity index (χ1) is 10.3. The molecule has 0 unspecified atom stereocenters. The highest BCUT2D eigenvalue weighted by Crippen LogP contribution is 2.27. The summed E-state index contributed by atoms with van der Waals surface area (Å²) in [6.45, 7) is 0. The van der Waals surface area contributed by atoms with Gasteiger partial charge in [-0.2, -0.15) is 5.26 Å². The Morgan fingerprint density at radius 3 is 2.86 bits per heavy atom. The van der Waals surface area contributed by atoms with Gasteiger partial charge in [0, 0.05) is 24.5 Å². The molecule has 106 valence electrons. The van der Waals surface area contributed by atoms with Crippen LogP contribution in [0.25, 0.3) is 0 Å². The Labute approximate surface area is 123 Å². The molecule has 0 bridgehead atoms. The van der Waals surface area contributed by atoms with Gasteiger partial charge in [-0.05, 0) is 31.4 Å². The van der Waals surface area contributed by atoms with Crippen LogP contribution in [-0.2, 0) is 0 Å². The number of rotatable bonds is 4. The summed E-state index contributed by atoms with van der Waals surface area (Å²) in [4.78, 5) is 8.40. The first-order valence-electron chi connectivity index (χ1n) is 6.90. The third-order valence-electron chi connectivity index (χ3n) is 3.57. The maximum Gasteiger partial charge on any atom is 0.154 e. The number of pyridine rings is 2. The minimum Gasteiger partial charge on any atom is -0.396 e. The van der Waals surface area contributed by atoms with Crippen LogP contribution in [0.4, 0.5) is 23.0 Å². The molecule has 21 heavy (non-hydrogen) atoms. The van der Waals surface area contributed by atoms with E-state index in [0.29, 0.717) is 28.9 Å². The van der Waals surface area contributed by atoms with Crippen molar-refractivity contribution in [3.8, 4) is 6.07 Å². The minimum atomic E-state index is 0.451. The van der Waals surface area contributed by atoms with Crippen molar-refractivity contribution < 1.29 is 0 Å². The molecule has 4 N–H and O–H groups in total. The third-order valence-corrected chi connectivity index (χ3v) is 3.57. The Bertz CT molecular complexity index is 687. The molecule has 0 atom stereocenters. The average Bonchev–Trinajstić information content (AvgIpc) is 2.46. The zero-order chi connectivity index (χ0) is 14.7. The normalized spacial score (nSPS) is 14.0. The van der Waals surface area contributed by atoms with Crippen LogP contribution >= 0.6 is 0 Å². The number of aromatic nitrogens is 2. The summed E-state index contributed by atoms with van der Waals surface area (Å²) in [6, 6.07) is 7.98. The fraction of sp³-hybridized carbons (Fsp3) is 0.267. The summed E-state index contributed by atoms with van der Waals surface area (Å²) < 4.78 is 0. The van der Waals surface area contributed by atoms with E-state index in [1.807, 2.05) is 6.07 Å². The summed E-state index contributed by atoms with van der Waals surface area (Å²) in [5.41, 5.74) is 7.75. The second kappa shape index (κ2) is 5.67. The van der Waals surface area contributed by atoms with Gasteiger partial charge in [0.1, 0.15) is 11.9 Å². The average molecular weight is 280 g/mol. The molecule has 6 nitrogen and oxygen atoms in total. The molecule has 0 amide bonds. The maximum atomic E-state index is 9.16. The van der Waals surface area contributed by atoms with Crippen LogP contribution in [0, 0.1) is 11.3 Å². The van der Waals surface area contributed by atoms with Crippen molar-refractivity contribution in [1.29, 1.82) is 5.26 Å². The Morgan fingerprint density at radius 1 is 1.33 bits per heavy atom. The Balaban J connectivity index is 1.84. The summed E-state index contributed by atoms with van der Waals surface area (Å²) in [6.07, 6.45) is 6.74. The topological polar surface area (TPSA) is 99.7 Å². The van der Waals surface area contributed by atoms with Crippen LogP contribution in [0.2, 0.25) is 0 Å². The van der Waals surface area contributed by atoms with E-state index in [4.69, 9.17) is 11.0 Å². The van der Waals surface area contributed by atoms with Gasteiger partial charge in [0.2, 0.25) is 0 Å². The molecule has 2 aromatic rings. The van der Waals surface area contributed by atoms with Gasteiger partial charge >= 0.3 is 0 Å². The van der Waals surface area contributed by atoms with Gasteiger partial charge in [-0.25, -0.2) is 9.97 Å².